The van der Waals surface area contributed by atoms with Gasteiger partial charge in [-0.25, -0.2) is 18.7 Å². The van der Waals surface area contributed by atoms with Gasteiger partial charge in [-0.3, -0.25) is 34.3 Å². The number of anilines is 2. The Labute approximate surface area is 293 Å². The molecule has 3 aromatic carbocycles. The standard InChI is InChI=1S/C34H28Cl2F2N6O6/c1-49-24-13-22-19(31(40-15-39-22)41-21-5-4-20(35)28(36)30(21)38)12-25(24)50-17-8-10-43(11-9-17)14-16-2-3-18-27(29(16)37)34(48)44(33(18)47)23-6-7-26(45)42-32(23)46/h2-5,12-13,15,17,23H,6-11,14H2,1H3,(H,39,40,41)(H,42,45,46). The van der Waals surface area contributed by atoms with Gasteiger partial charge in [0.2, 0.25) is 11.8 Å². The highest BCUT2D eigenvalue weighted by Crippen LogP contribution is 2.38. The first-order valence-corrected chi connectivity index (χ1v) is 16.4. The van der Waals surface area contributed by atoms with E-state index in [1.165, 1.54) is 37.7 Å². The summed E-state index contributed by atoms with van der Waals surface area (Å²) in [5.74, 6) is -3.24. The summed E-state index contributed by atoms with van der Waals surface area (Å²) in [6, 6.07) is 8.05. The number of rotatable bonds is 8. The molecule has 2 N–H and O–H groups in total. The number of fused-ring (bicyclic) bond motifs is 2. The Hall–Kier alpha value is -4.92. The van der Waals surface area contributed by atoms with Crippen LogP contribution in [0.3, 0.4) is 0 Å². The van der Waals surface area contributed by atoms with E-state index in [-0.39, 0.29) is 57.9 Å². The van der Waals surface area contributed by atoms with E-state index >= 15 is 4.39 Å². The van der Waals surface area contributed by atoms with Crippen molar-refractivity contribution in [1.82, 2.24) is 25.1 Å². The Balaban J connectivity index is 1.03. The smallest absolute Gasteiger partial charge is 0.265 e. The molecule has 258 valence electrons. The van der Waals surface area contributed by atoms with Gasteiger partial charge in [0.25, 0.3) is 11.8 Å². The molecule has 0 aliphatic carbocycles. The van der Waals surface area contributed by atoms with Crippen molar-refractivity contribution in [2.24, 2.45) is 0 Å². The number of amides is 4. The number of carbonyl (C=O) groups excluding carboxylic acids is 4. The summed E-state index contributed by atoms with van der Waals surface area (Å²) in [6.07, 6.45) is 2.23. The minimum absolute atomic E-state index is 0.0166. The highest BCUT2D eigenvalue weighted by molar-refractivity contribution is 6.42. The van der Waals surface area contributed by atoms with Crippen LogP contribution in [-0.4, -0.2) is 75.7 Å². The molecular formula is C34H28Cl2F2N6O6. The molecule has 4 heterocycles. The second-order valence-corrected chi connectivity index (χ2v) is 12.9. The Kier molecular flexibility index (Phi) is 9.01. The lowest BCUT2D eigenvalue weighted by molar-refractivity contribution is -0.136. The van der Waals surface area contributed by atoms with Crippen LogP contribution < -0.4 is 20.1 Å². The SMILES string of the molecule is COc1cc2ncnc(Nc3ccc(Cl)c(Cl)c3F)c2cc1OC1CCN(Cc2ccc3c(c2F)C(=O)N(C2CCC(=O)NC2=O)C3=O)CC1. The second-order valence-electron chi connectivity index (χ2n) is 12.1. The number of piperidine rings is 2. The third-order valence-corrected chi connectivity index (χ3v) is 9.84. The van der Waals surface area contributed by atoms with E-state index in [9.17, 15) is 23.6 Å². The molecule has 7 rings (SSSR count). The van der Waals surface area contributed by atoms with E-state index in [1.807, 2.05) is 4.90 Å². The van der Waals surface area contributed by atoms with Crippen LogP contribution in [0.1, 0.15) is 52.0 Å². The fourth-order valence-electron chi connectivity index (χ4n) is 6.45. The molecule has 12 nitrogen and oxygen atoms in total. The number of nitrogens with one attached hydrogen (secondary N) is 2. The first kappa shape index (κ1) is 33.6. The summed E-state index contributed by atoms with van der Waals surface area (Å²) in [5, 5.41) is 5.49. The number of ether oxygens (including phenoxy) is 2. The summed E-state index contributed by atoms with van der Waals surface area (Å²) in [4.78, 5) is 61.6. The van der Waals surface area contributed by atoms with Crippen molar-refractivity contribution < 1.29 is 37.4 Å². The quantitative estimate of drug-likeness (QED) is 0.179. The van der Waals surface area contributed by atoms with Gasteiger partial charge in [0, 0.05) is 43.1 Å². The molecular weight excluding hydrogens is 697 g/mol. The van der Waals surface area contributed by atoms with Crippen molar-refractivity contribution in [1.29, 1.82) is 0 Å². The van der Waals surface area contributed by atoms with Crippen molar-refractivity contribution in [2.45, 2.75) is 44.4 Å². The largest absolute Gasteiger partial charge is 0.493 e. The molecule has 0 bridgehead atoms. The average Bonchev–Trinajstić information content (AvgIpc) is 3.36. The zero-order valence-corrected chi connectivity index (χ0v) is 27.9. The predicted molar refractivity (Wildman–Crippen MR) is 178 cm³/mol. The Morgan fingerprint density at radius 1 is 0.960 bits per heavy atom. The molecule has 1 unspecified atom stereocenters. The van der Waals surface area contributed by atoms with Gasteiger partial charge >= 0.3 is 0 Å². The van der Waals surface area contributed by atoms with Crippen LogP contribution in [-0.2, 0) is 16.1 Å². The molecule has 50 heavy (non-hydrogen) atoms. The fourth-order valence-corrected chi connectivity index (χ4v) is 6.76. The summed E-state index contributed by atoms with van der Waals surface area (Å²) >= 11 is 11.9. The van der Waals surface area contributed by atoms with Gasteiger partial charge < -0.3 is 14.8 Å². The molecule has 1 aromatic heterocycles. The second kappa shape index (κ2) is 13.4. The molecule has 3 aliphatic heterocycles. The number of hydrogen-bond donors (Lipinski definition) is 2. The molecule has 16 heteroatoms. The van der Waals surface area contributed by atoms with Crippen LogP contribution in [0.4, 0.5) is 20.3 Å². The molecule has 2 fully saturated rings. The maximum atomic E-state index is 15.8. The molecule has 3 aliphatic rings. The zero-order chi connectivity index (χ0) is 35.3. The minimum atomic E-state index is -1.18. The number of nitrogens with zero attached hydrogens (tertiary/aromatic N) is 4. The van der Waals surface area contributed by atoms with E-state index < -0.39 is 41.3 Å². The van der Waals surface area contributed by atoms with Crippen molar-refractivity contribution in [3.63, 3.8) is 0 Å². The maximum absolute atomic E-state index is 15.8. The van der Waals surface area contributed by atoms with Gasteiger partial charge in [-0.2, -0.15) is 0 Å². The predicted octanol–water partition coefficient (Wildman–Crippen LogP) is 5.41. The lowest BCUT2D eigenvalue weighted by Crippen LogP contribution is -2.54. The molecule has 2 saturated heterocycles. The van der Waals surface area contributed by atoms with Crippen LogP contribution in [0.2, 0.25) is 10.0 Å². The van der Waals surface area contributed by atoms with Crippen molar-refractivity contribution in [3.05, 3.63) is 81.1 Å². The summed E-state index contributed by atoms with van der Waals surface area (Å²) in [6.45, 7) is 1.26. The van der Waals surface area contributed by atoms with Crippen LogP contribution in [0.5, 0.6) is 11.5 Å². The average molecular weight is 726 g/mol. The van der Waals surface area contributed by atoms with Gasteiger partial charge in [-0.05, 0) is 43.5 Å². The molecule has 4 aromatic rings. The van der Waals surface area contributed by atoms with E-state index in [1.54, 1.807) is 12.1 Å². The number of halogens is 4. The van der Waals surface area contributed by atoms with Crippen LogP contribution in [0, 0.1) is 11.6 Å². The van der Waals surface area contributed by atoms with Crippen LogP contribution in [0.15, 0.2) is 42.7 Å². The van der Waals surface area contributed by atoms with Gasteiger partial charge in [-0.1, -0.05) is 29.3 Å². The minimum Gasteiger partial charge on any atom is -0.493 e. The maximum Gasteiger partial charge on any atom is 0.265 e. The molecule has 0 saturated carbocycles. The van der Waals surface area contributed by atoms with E-state index in [0.29, 0.717) is 54.2 Å². The van der Waals surface area contributed by atoms with Crippen molar-refractivity contribution in [2.75, 3.05) is 25.5 Å². The van der Waals surface area contributed by atoms with Crippen molar-refractivity contribution in [3.8, 4) is 11.5 Å². The zero-order valence-electron chi connectivity index (χ0n) is 26.4. The summed E-state index contributed by atoms with van der Waals surface area (Å²) < 4.78 is 42.6. The number of hydrogen-bond acceptors (Lipinski definition) is 10. The van der Waals surface area contributed by atoms with Gasteiger partial charge in [0.1, 0.15) is 30.1 Å². The van der Waals surface area contributed by atoms with Crippen LogP contribution >= 0.6 is 23.2 Å². The lowest BCUT2D eigenvalue weighted by Gasteiger charge is -2.32. The Morgan fingerprint density at radius 3 is 2.48 bits per heavy atom. The van der Waals surface area contributed by atoms with Crippen LogP contribution in [0.25, 0.3) is 10.9 Å². The number of likely N-dealkylation sites (tertiary alicyclic amines) is 1. The number of imide groups is 2. The van der Waals surface area contributed by atoms with Gasteiger partial charge in [0.05, 0.1) is 39.5 Å². The topological polar surface area (TPSA) is 143 Å². The number of methoxy groups -OCH3 is 1. The van der Waals surface area contributed by atoms with Crippen molar-refractivity contribution >= 4 is 69.2 Å². The van der Waals surface area contributed by atoms with E-state index in [2.05, 4.69) is 20.6 Å². The summed E-state index contributed by atoms with van der Waals surface area (Å²) in [5.41, 5.74) is 0.372. The number of carbonyl (C=O) groups is 4. The molecule has 0 radical (unpaired) electrons. The lowest BCUT2D eigenvalue weighted by atomic mass is 10.0. The summed E-state index contributed by atoms with van der Waals surface area (Å²) in [7, 11) is 1.51. The van der Waals surface area contributed by atoms with E-state index in [4.69, 9.17) is 32.7 Å². The molecule has 0 spiro atoms. The highest BCUT2D eigenvalue weighted by Gasteiger charge is 2.46. The normalized spacial score (nSPS) is 18.4. The Bertz CT molecular complexity index is 2090. The molecule has 1 atom stereocenters. The number of benzene rings is 3. The first-order chi connectivity index (χ1) is 24.0. The van der Waals surface area contributed by atoms with E-state index in [0.717, 1.165) is 4.90 Å². The highest BCUT2D eigenvalue weighted by atomic mass is 35.5. The number of aromatic nitrogens is 2. The van der Waals surface area contributed by atoms with Gasteiger partial charge in [0.15, 0.2) is 17.3 Å². The third kappa shape index (κ3) is 6.07. The third-order valence-electron chi connectivity index (χ3n) is 9.06. The first-order valence-electron chi connectivity index (χ1n) is 15.7. The molecule has 4 amide bonds. The van der Waals surface area contributed by atoms with Gasteiger partial charge in [-0.15, -0.1) is 0 Å². The monoisotopic (exact) mass is 724 g/mol. The Morgan fingerprint density at radius 2 is 1.74 bits per heavy atom. The fraction of sp³-hybridized carbons (Fsp3) is 0.294.